The lowest BCUT2D eigenvalue weighted by molar-refractivity contribution is 0.103. The van der Waals surface area contributed by atoms with E-state index in [1.54, 1.807) is 6.92 Å². The third-order valence-corrected chi connectivity index (χ3v) is 3.75. The lowest BCUT2D eigenvalue weighted by atomic mass is 10.2. The highest BCUT2D eigenvalue weighted by Crippen LogP contribution is 2.24. The second-order valence-electron chi connectivity index (χ2n) is 3.62. The van der Waals surface area contributed by atoms with Crippen LogP contribution in [0.25, 0.3) is 0 Å². The number of carbonyl (C=O) groups excluding carboxylic acids is 1. The van der Waals surface area contributed by atoms with E-state index in [4.69, 9.17) is 0 Å². The summed E-state index contributed by atoms with van der Waals surface area (Å²) < 4.78 is 4.60. The lowest BCUT2D eigenvalue weighted by Gasteiger charge is -2.07. The quantitative estimate of drug-likeness (QED) is 0.926. The van der Waals surface area contributed by atoms with Gasteiger partial charge in [-0.1, -0.05) is 10.6 Å². The molecule has 88 valence electrons. The first kappa shape index (κ1) is 12.2. The normalized spacial score (nSPS) is 10.3. The van der Waals surface area contributed by atoms with Crippen molar-refractivity contribution in [3.63, 3.8) is 0 Å². The van der Waals surface area contributed by atoms with Crippen molar-refractivity contribution in [2.24, 2.45) is 0 Å². The van der Waals surface area contributed by atoms with Crippen LogP contribution in [0, 0.1) is 13.8 Å². The molecule has 4 nitrogen and oxygen atoms in total. The van der Waals surface area contributed by atoms with Crippen molar-refractivity contribution in [2.45, 2.75) is 13.8 Å². The van der Waals surface area contributed by atoms with Crippen molar-refractivity contribution in [2.75, 3.05) is 5.32 Å². The first-order valence-corrected chi connectivity index (χ1v) is 6.51. The summed E-state index contributed by atoms with van der Waals surface area (Å²) in [4.78, 5) is 12.5. The number of anilines is 1. The Balaban J connectivity index is 2.24. The third-order valence-electron chi connectivity index (χ3n) is 2.23. The van der Waals surface area contributed by atoms with Gasteiger partial charge in [-0.25, -0.2) is 0 Å². The minimum absolute atomic E-state index is 0.177. The van der Waals surface area contributed by atoms with E-state index in [0.29, 0.717) is 10.6 Å². The molecule has 1 amide bonds. The lowest BCUT2D eigenvalue weighted by Crippen LogP contribution is -2.12. The van der Waals surface area contributed by atoms with Gasteiger partial charge < -0.3 is 5.32 Å². The smallest absolute Gasteiger partial charge is 0.269 e. The van der Waals surface area contributed by atoms with Gasteiger partial charge in [0.25, 0.3) is 5.91 Å². The molecule has 0 saturated carbocycles. The van der Waals surface area contributed by atoms with Crippen LogP contribution < -0.4 is 5.32 Å². The molecule has 0 aliphatic heterocycles. The largest absolute Gasteiger partial charge is 0.320 e. The molecule has 1 aromatic heterocycles. The Morgan fingerprint density at radius 1 is 1.41 bits per heavy atom. The standard InChI is InChI=1S/C11H10BrN3OS/c1-6-3-4-8(12)9(5-6)13-11(16)10-7(2)14-15-17-10/h3-5H,1-2H3,(H,13,16). The van der Waals surface area contributed by atoms with Crippen LogP contribution in [-0.4, -0.2) is 15.5 Å². The predicted octanol–water partition coefficient (Wildman–Crippen LogP) is 3.17. The van der Waals surface area contributed by atoms with Crippen LogP contribution in [0.1, 0.15) is 20.9 Å². The highest BCUT2D eigenvalue weighted by Gasteiger charge is 2.14. The maximum absolute atomic E-state index is 12.0. The minimum Gasteiger partial charge on any atom is -0.320 e. The van der Waals surface area contributed by atoms with Crippen LogP contribution in [0.15, 0.2) is 22.7 Å². The second kappa shape index (κ2) is 4.93. The average Bonchev–Trinajstić information content (AvgIpc) is 2.70. The number of amides is 1. The van der Waals surface area contributed by atoms with Gasteiger partial charge >= 0.3 is 0 Å². The number of nitrogens with one attached hydrogen (secondary N) is 1. The number of rotatable bonds is 2. The van der Waals surface area contributed by atoms with Gasteiger partial charge in [-0.2, -0.15) is 0 Å². The summed E-state index contributed by atoms with van der Waals surface area (Å²) in [5.41, 5.74) is 2.49. The molecule has 0 saturated heterocycles. The van der Waals surface area contributed by atoms with Crippen molar-refractivity contribution < 1.29 is 4.79 Å². The molecule has 17 heavy (non-hydrogen) atoms. The number of halogens is 1. The zero-order valence-corrected chi connectivity index (χ0v) is 11.7. The highest BCUT2D eigenvalue weighted by molar-refractivity contribution is 9.10. The summed E-state index contributed by atoms with van der Waals surface area (Å²) in [7, 11) is 0. The van der Waals surface area contributed by atoms with E-state index in [2.05, 4.69) is 30.8 Å². The Morgan fingerprint density at radius 2 is 2.18 bits per heavy atom. The van der Waals surface area contributed by atoms with E-state index in [1.165, 1.54) is 0 Å². The fraction of sp³-hybridized carbons (Fsp3) is 0.182. The van der Waals surface area contributed by atoms with Crippen molar-refractivity contribution >= 4 is 39.1 Å². The molecule has 2 aromatic rings. The molecule has 1 heterocycles. The Bertz CT molecular complexity index is 568. The van der Waals surface area contributed by atoms with Gasteiger partial charge in [-0.05, 0) is 59.0 Å². The molecule has 0 unspecified atom stereocenters. The molecule has 1 N–H and O–H groups in total. The maximum atomic E-state index is 12.0. The van der Waals surface area contributed by atoms with Gasteiger partial charge in [0, 0.05) is 4.47 Å². The Labute approximate surface area is 111 Å². The molecule has 6 heteroatoms. The van der Waals surface area contributed by atoms with E-state index >= 15 is 0 Å². The molecule has 0 radical (unpaired) electrons. The first-order valence-electron chi connectivity index (χ1n) is 4.94. The van der Waals surface area contributed by atoms with Crippen LogP contribution in [0.5, 0.6) is 0 Å². The summed E-state index contributed by atoms with van der Waals surface area (Å²) in [6.45, 7) is 3.74. The molecular formula is C11H10BrN3OS. The van der Waals surface area contributed by atoms with E-state index in [9.17, 15) is 4.79 Å². The second-order valence-corrected chi connectivity index (χ2v) is 5.23. The summed E-state index contributed by atoms with van der Waals surface area (Å²) in [6, 6.07) is 5.79. The monoisotopic (exact) mass is 311 g/mol. The third kappa shape index (κ3) is 2.70. The van der Waals surface area contributed by atoms with Crippen LogP contribution in [0.3, 0.4) is 0 Å². The molecule has 0 aliphatic rings. The molecule has 1 aromatic carbocycles. The number of hydrogen-bond acceptors (Lipinski definition) is 4. The number of benzene rings is 1. The fourth-order valence-corrected chi connectivity index (χ4v) is 2.25. The number of hydrogen-bond donors (Lipinski definition) is 1. The van der Waals surface area contributed by atoms with Gasteiger partial charge in [0.15, 0.2) is 0 Å². The predicted molar refractivity (Wildman–Crippen MR) is 71.5 cm³/mol. The maximum Gasteiger partial charge on any atom is 0.269 e. The highest BCUT2D eigenvalue weighted by atomic mass is 79.9. The van der Waals surface area contributed by atoms with Gasteiger partial charge in [0.1, 0.15) is 4.88 Å². The number of aryl methyl sites for hydroxylation is 2. The summed E-state index contributed by atoms with van der Waals surface area (Å²) in [5, 5.41) is 6.65. The SMILES string of the molecule is Cc1ccc(Br)c(NC(=O)c2snnc2C)c1. The van der Waals surface area contributed by atoms with Crippen molar-refractivity contribution in [3.8, 4) is 0 Å². The molecule has 0 fully saturated rings. The van der Waals surface area contributed by atoms with Gasteiger partial charge in [0.2, 0.25) is 0 Å². The topological polar surface area (TPSA) is 54.9 Å². The molecule has 0 bridgehead atoms. The number of nitrogens with zero attached hydrogens (tertiary/aromatic N) is 2. The van der Waals surface area contributed by atoms with E-state index in [-0.39, 0.29) is 5.91 Å². The van der Waals surface area contributed by atoms with E-state index in [0.717, 1.165) is 27.3 Å². The molecule has 2 rings (SSSR count). The van der Waals surface area contributed by atoms with Gasteiger partial charge in [0.05, 0.1) is 11.4 Å². The van der Waals surface area contributed by atoms with E-state index < -0.39 is 0 Å². The van der Waals surface area contributed by atoms with Gasteiger partial charge in [-0.15, -0.1) is 5.10 Å². The number of carbonyl (C=O) groups is 1. The summed E-state index contributed by atoms with van der Waals surface area (Å²) in [5.74, 6) is -0.177. The molecule has 0 atom stereocenters. The molecule has 0 spiro atoms. The zero-order valence-electron chi connectivity index (χ0n) is 9.32. The first-order chi connectivity index (χ1) is 8.08. The van der Waals surface area contributed by atoms with Crippen molar-refractivity contribution in [1.82, 2.24) is 9.59 Å². The van der Waals surface area contributed by atoms with Gasteiger partial charge in [-0.3, -0.25) is 4.79 Å². The fourth-order valence-electron chi connectivity index (χ4n) is 1.35. The van der Waals surface area contributed by atoms with Crippen molar-refractivity contribution in [1.29, 1.82) is 0 Å². The summed E-state index contributed by atoms with van der Waals surface area (Å²) >= 11 is 4.50. The van der Waals surface area contributed by atoms with E-state index in [1.807, 2.05) is 25.1 Å². The molecular weight excluding hydrogens is 302 g/mol. The summed E-state index contributed by atoms with van der Waals surface area (Å²) in [6.07, 6.45) is 0. The Kier molecular flexibility index (Phi) is 3.54. The minimum atomic E-state index is -0.177. The van der Waals surface area contributed by atoms with Crippen LogP contribution in [0.4, 0.5) is 5.69 Å². The average molecular weight is 312 g/mol. The number of aromatic nitrogens is 2. The Morgan fingerprint density at radius 3 is 2.82 bits per heavy atom. The van der Waals surface area contributed by atoms with Crippen LogP contribution in [0.2, 0.25) is 0 Å². The van der Waals surface area contributed by atoms with Crippen LogP contribution in [-0.2, 0) is 0 Å². The van der Waals surface area contributed by atoms with Crippen LogP contribution >= 0.6 is 27.5 Å². The molecule has 0 aliphatic carbocycles. The van der Waals surface area contributed by atoms with Crippen molar-refractivity contribution in [3.05, 3.63) is 38.8 Å². The zero-order chi connectivity index (χ0) is 12.4. The Hall–Kier alpha value is -1.27.